The molecule has 9 heteroatoms. The lowest BCUT2D eigenvalue weighted by molar-refractivity contribution is -0.146. The van der Waals surface area contributed by atoms with Crippen molar-refractivity contribution >= 4 is 22.0 Å². The predicted octanol–water partition coefficient (Wildman–Crippen LogP) is 2.76. The first-order chi connectivity index (χ1) is 9.36. The van der Waals surface area contributed by atoms with Gasteiger partial charge in [-0.3, -0.25) is 0 Å². The molecule has 2 heterocycles. The average molecular weight is 299 g/mol. The summed E-state index contributed by atoms with van der Waals surface area (Å²) in [6.07, 6.45) is -4.59. The molecule has 5 nitrogen and oxygen atoms in total. The zero-order valence-electron chi connectivity index (χ0n) is 10.1. The van der Waals surface area contributed by atoms with Crippen LogP contribution in [-0.2, 0) is 6.18 Å². The van der Waals surface area contributed by atoms with Gasteiger partial charge in [0.25, 0.3) is 5.82 Å². The smallest absolute Gasteiger partial charge is 0.399 e. The quantitative estimate of drug-likeness (QED) is 0.701. The number of anilines is 1. The van der Waals surface area contributed by atoms with Gasteiger partial charge in [-0.25, -0.2) is 0 Å². The second kappa shape index (κ2) is 4.17. The monoisotopic (exact) mass is 299 g/mol. The third kappa shape index (κ3) is 1.99. The van der Waals surface area contributed by atoms with Gasteiger partial charge in [-0.2, -0.15) is 22.8 Å². The van der Waals surface area contributed by atoms with Crippen LogP contribution in [0.15, 0.2) is 18.2 Å². The summed E-state index contributed by atoms with van der Waals surface area (Å²) in [5, 5.41) is 11.0. The van der Waals surface area contributed by atoms with E-state index in [1.807, 2.05) is 6.92 Å². The largest absolute Gasteiger partial charge is 0.453 e. The van der Waals surface area contributed by atoms with Gasteiger partial charge in [0, 0.05) is 11.3 Å². The standard InChI is InChI=1S/C11H8F3N5S/c1-5-2-3-6(15)4-7(5)8-18-19-9(11(12,13)14)16-17-10(19)20-8/h2-4H,15H2,1H3. The molecule has 0 saturated carbocycles. The molecule has 0 bridgehead atoms. The number of alkyl halides is 3. The Hall–Kier alpha value is -2.16. The minimum atomic E-state index is -4.59. The van der Waals surface area contributed by atoms with E-state index in [2.05, 4.69) is 15.3 Å². The summed E-state index contributed by atoms with van der Waals surface area (Å²) in [6.45, 7) is 1.84. The van der Waals surface area contributed by atoms with Crippen molar-refractivity contribution in [2.45, 2.75) is 13.1 Å². The van der Waals surface area contributed by atoms with Crippen LogP contribution in [0.2, 0.25) is 0 Å². The van der Waals surface area contributed by atoms with Gasteiger partial charge in [0.1, 0.15) is 5.01 Å². The van der Waals surface area contributed by atoms with Crippen molar-refractivity contribution < 1.29 is 13.2 Å². The normalized spacial score (nSPS) is 12.2. The zero-order valence-corrected chi connectivity index (χ0v) is 11.0. The minimum absolute atomic E-state index is 0.0918. The third-order valence-electron chi connectivity index (χ3n) is 2.74. The topological polar surface area (TPSA) is 69.1 Å². The van der Waals surface area contributed by atoms with E-state index in [0.717, 1.165) is 16.9 Å². The van der Waals surface area contributed by atoms with Crippen LogP contribution in [-0.4, -0.2) is 19.8 Å². The SMILES string of the molecule is Cc1ccc(N)cc1-c1nn2c(C(F)(F)F)nnc2s1. The molecule has 0 amide bonds. The summed E-state index contributed by atoms with van der Waals surface area (Å²) in [4.78, 5) is 0.0918. The van der Waals surface area contributed by atoms with E-state index < -0.39 is 12.0 Å². The highest BCUT2D eigenvalue weighted by molar-refractivity contribution is 7.19. The summed E-state index contributed by atoms with van der Waals surface area (Å²) >= 11 is 1.03. The van der Waals surface area contributed by atoms with Gasteiger partial charge in [-0.15, -0.1) is 10.2 Å². The van der Waals surface area contributed by atoms with Gasteiger partial charge in [0.15, 0.2) is 0 Å². The fourth-order valence-electron chi connectivity index (χ4n) is 1.77. The lowest BCUT2D eigenvalue weighted by atomic mass is 10.1. The molecule has 0 aliphatic carbocycles. The van der Waals surface area contributed by atoms with Gasteiger partial charge in [0.2, 0.25) is 4.96 Å². The highest BCUT2D eigenvalue weighted by Gasteiger charge is 2.38. The van der Waals surface area contributed by atoms with Crippen LogP contribution in [0, 0.1) is 6.92 Å². The highest BCUT2D eigenvalue weighted by Crippen LogP contribution is 2.33. The summed E-state index contributed by atoms with van der Waals surface area (Å²) in [5.41, 5.74) is 7.78. The van der Waals surface area contributed by atoms with Crippen molar-refractivity contribution in [3.8, 4) is 10.6 Å². The molecule has 2 aromatic heterocycles. The van der Waals surface area contributed by atoms with Crippen molar-refractivity contribution in [2.24, 2.45) is 0 Å². The van der Waals surface area contributed by atoms with Crippen LogP contribution in [0.25, 0.3) is 15.5 Å². The Morgan fingerprint density at radius 2 is 2.00 bits per heavy atom. The fraction of sp³-hybridized carbons (Fsp3) is 0.182. The fourth-order valence-corrected chi connectivity index (χ4v) is 2.69. The van der Waals surface area contributed by atoms with Crippen molar-refractivity contribution in [3.63, 3.8) is 0 Å². The number of nitrogens with two attached hydrogens (primary N) is 1. The molecule has 3 rings (SSSR count). The minimum Gasteiger partial charge on any atom is -0.399 e. The third-order valence-corrected chi connectivity index (χ3v) is 3.67. The van der Waals surface area contributed by atoms with Crippen molar-refractivity contribution in [1.29, 1.82) is 0 Å². The van der Waals surface area contributed by atoms with Gasteiger partial charge in [-0.1, -0.05) is 17.4 Å². The van der Waals surface area contributed by atoms with Crippen LogP contribution in [0.1, 0.15) is 11.4 Å². The van der Waals surface area contributed by atoms with Crippen molar-refractivity contribution in [3.05, 3.63) is 29.6 Å². The number of aryl methyl sites for hydroxylation is 1. The first-order valence-corrected chi connectivity index (χ1v) is 6.34. The van der Waals surface area contributed by atoms with Crippen LogP contribution in [0.3, 0.4) is 0 Å². The summed E-state index contributed by atoms with van der Waals surface area (Å²) in [6, 6.07) is 5.19. The molecule has 3 aromatic rings. The van der Waals surface area contributed by atoms with E-state index in [-0.39, 0.29) is 4.96 Å². The summed E-state index contributed by atoms with van der Waals surface area (Å²) in [7, 11) is 0. The first kappa shape index (κ1) is 12.9. The molecule has 0 aliphatic rings. The van der Waals surface area contributed by atoms with E-state index >= 15 is 0 Å². The number of nitrogens with zero attached hydrogens (tertiary/aromatic N) is 4. The van der Waals surface area contributed by atoms with Gasteiger partial charge in [-0.05, 0) is 24.6 Å². The van der Waals surface area contributed by atoms with Crippen molar-refractivity contribution in [1.82, 2.24) is 19.8 Å². The van der Waals surface area contributed by atoms with E-state index in [1.165, 1.54) is 0 Å². The van der Waals surface area contributed by atoms with Gasteiger partial charge >= 0.3 is 6.18 Å². The molecule has 104 valence electrons. The van der Waals surface area contributed by atoms with Crippen LogP contribution in [0.5, 0.6) is 0 Å². The maximum atomic E-state index is 12.7. The van der Waals surface area contributed by atoms with E-state index in [0.29, 0.717) is 20.8 Å². The second-order valence-electron chi connectivity index (χ2n) is 4.20. The summed E-state index contributed by atoms with van der Waals surface area (Å²) < 4.78 is 38.9. The zero-order chi connectivity index (χ0) is 14.5. The molecule has 1 aromatic carbocycles. The molecule has 0 spiro atoms. The molecule has 2 N–H and O–H groups in total. The number of hydrogen-bond donors (Lipinski definition) is 1. The van der Waals surface area contributed by atoms with Gasteiger partial charge < -0.3 is 5.73 Å². The first-order valence-electron chi connectivity index (χ1n) is 5.52. The van der Waals surface area contributed by atoms with Crippen LogP contribution < -0.4 is 5.73 Å². The van der Waals surface area contributed by atoms with Crippen LogP contribution >= 0.6 is 11.3 Å². The maximum absolute atomic E-state index is 12.7. The maximum Gasteiger partial charge on any atom is 0.453 e. The molecule has 0 saturated heterocycles. The molecular weight excluding hydrogens is 291 g/mol. The average Bonchev–Trinajstić information content (AvgIpc) is 2.89. The number of fused-ring (bicyclic) bond motifs is 1. The predicted molar refractivity (Wildman–Crippen MR) is 68.2 cm³/mol. The van der Waals surface area contributed by atoms with E-state index in [4.69, 9.17) is 5.73 Å². The Morgan fingerprint density at radius 1 is 1.25 bits per heavy atom. The van der Waals surface area contributed by atoms with Crippen molar-refractivity contribution in [2.75, 3.05) is 5.73 Å². The Balaban J connectivity index is 2.19. The molecule has 0 unspecified atom stereocenters. The highest BCUT2D eigenvalue weighted by atomic mass is 32.1. The Labute approximate surface area is 114 Å². The molecule has 20 heavy (non-hydrogen) atoms. The molecular formula is C11H8F3N5S. The number of hydrogen-bond acceptors (Lipinski definition) is 5. The lowest BCUT2D eigenvalue weighted by Gasteiger charge is -2.03. The number of halogens is 3. The number of benzene rings is 1. The summed E-state index contributed by atoms with van der Waals surface area (Å²) in [5.74, 6) is -1.13. The molecule has 0 aliphatic heterocycles. The van der Waals surface area contributed by atoms with Gasteiger partial charge in [0.05, 0.1) is 0 Å². The second-order valence-corrected chi connectivity index (χ2v) is 5.15. The van der Waals surface area contributed by atoms with Crippen LogP contribution in [0.4, 0.5) is 18.9 Å². The number of aromatic nitrogens is 4. The Bertz CT molecular complexity index is 789. The Morgan fingerprint density at radius 3 is 2.70 bits per heavy atom. The number of nitrogen functional groups attached to an aromatic ring is 1. The number of rotatable bonds is 1. The van der Waals surface area contributed by atoms with E-state index in [9.17, 15) is 13.2 Å². The molecule has 0 radical (unpaired) electrons. The Kier molecular flexibility index (Phi) is 2.68. The molecule has 0 atom stereocenters. The van der Waals surface area contributed by atoms with E-state index in [1.54, 1.807) is 18.2 Å². The lowest BCUT2D eigenvalue weighted by Crippen LogP contribution is -2.11. The molecule has 0 fully saturated rings.